The Balaban J connectivity index is 1.61. The van der Waals surface area contributed by atoms with Gasteiger partial charge in [-0.1, -0.05) is 55.5 Å². The standard InChI is InChI=1S/C24H32N4O2/c1-3-23(29)28-15-14-21(17-28)27-24(25-4-2)26-16-20-12-8-9-13-22(20)30-18-19-10-6-5-7-11-19/h5-13,21H,3-4,14-18H2,1-2H3,(H2,25,26,27). The molecule has 1 amide bonds. The molecule has 0 aliphatic carbocycles. The largest absolute Gasteiger partial charge is 0.489 e. The van der Waals surface area contributed by atoms with Gasteiger partial charge in [0.15, 0.2) is 5.96 Å². The Hall–Kier alpha value is -3.02. The maximum Gasteiger partial charge on any atom is 0.222 e. The molecule has 1 aliphatic heterocycles. The number of nitrogens with zero attached hydrogens (tertiary/aromatic N) is 2. The zero-order valence-electron chi connectivity index (χ0n) is 17.9. The van der Waals surface area contributed by atoms with Gasteiger partial charge in [-0.3, -0.25) is 4.79 Å². The van der Waals surface area contributed by atoms with Crippen molar-refractivity contribution in [3.63, 3.8) is 0 Å². The number of hydrogen-bond donors (Lipinski definition) is 2. The van der Waals surface area contributed by atoms with E-state index in [-0.39, 0.29) is 11.9 Å². The van der Waals surface area contributed by atoms with E-state index in [1.54, 1.807) is 0 Å². The minimum Gasteiger partial charge on any atom is -0.489 e. The van der Waals surface area contributed by atoms with Crippen LogP contribution in [0.1, 0.15) is 37.8 Å². The zero-order valence-corrected chi connectivity index (χ0v) is 17.9. The van der Waals surface area contributed by atoms with E-state index in [4.69, 9.17) is 9.73 Å². The molecule has 160 valence electrons. The van der Waals surface area contributed by atoms with E-state index < -0.39 is 0 Å². The van der Waals surface area contributed by atoms with Crippen molar-refractivity contribution in [3.05, 3.63) is 65.7 Å². The molecule has 0 spiro atoms. The van der Waals surface area contributed by atoms with Crippen molar-refractivity contribution in [3.8, 4) is 5.75 Å². The normalized spacial score (nSPS) is 16.4. The lowest BCUT2D eigenvalue weighted by Crippen LogP contribution is -2.45. The zero-order chi connectivity index (χ0) is 21.2. The van der Waals surface area contributed by atoms with Crippen LogP contribution in [0.3, 0.4) is 0 Å². The molecule has 2 aromatic rings. The summed E-state index contributed by atoms with van der Waals surface area (Å²) in [6, 6.07) is 18.4. The molecule has 1 heterocycles. The number of hydrogen-bond acceptors (Lipinski definition) is 3. The maximum absolute atomic E-state index is 11.9. The Bertz CT molecular complexity index is 838. The molecule has 0 aromatic heterocycles. The first-order valence-electron chi connectivity index (χ1n) is 10.8. The third-order valence-corrected chi connectivity index (χ3v) is 5.15. The van der Waals surface area contributed by atoms with Crippen molar-refractivity contribution < 1.29 is 9.53 Å². The van der Waals surface area contributed by atoms with E-state index in [1.165, 1.54) is 0 Å². The molecule has 1 aliphatic rings. The molecular weight excluding hydrogens is 376 g/mol. The Morgan fingerprint density at radius 1 is 1.13 bits per heavy atom. The fraction of sp³-hybridized carbons (Fsp3) is 0.417. The average molecular weight is 409 g/mol. The van der Waals surface area contributed by atoms with E-state index in [0.29, 0.717) is 19.6 Å². The number of para-hydroxylation sites is 1. The Kier molecular flexibility index (Phi) is 8.12. The molecule has 2 aromatic carbocycles. The van der Waals surface area contributed by atoms with Crippen molar-refractivity contribution in [2.24, 2.45) is 4.99 Å². The van der Waals surface area contributed by atoms with Crippen LogP contribution in [0.25, 0.3) is 0 Å². The van der Waals surface area contributed by atoms with Crippen LogP contribution >= 0.6 is 0 Å². The first-order valence-corrected chi connectivity index (χ1v) is 10.8. The van der Waals surface area contributed by atoms with Crippen LogP contribution in [-0.4, -0.2) is 42.4 Å². The number of aliphatic imine (C=N–C) groups is 1. The number of amides is 1. The van der Waals surface area contributed by atoms with Gasteiger partial charge in [-0.15, -0.1) is 0 Å². The highest BCUT2D eigenvalue weighted by atomic mass is 16.5. The smallest absolute Gasteiger partial charge is 0.222 e. The highest BCUT2D eigenvalue weighted by Gasteiger charge is 2.25. The van der Waals surface area contributed by atoms with Crippen LogP contribution in [0.2, 0.25) is 0 Å². The second-order valence-electron chi connectivity index (χ2n) is 7.40. The minimum atomic E-state index is 0.214. The molecule has 0 bridgehead atoms. The molecule has 1 fully saturated rings. The van der Waals surface area contributed by atoms with Gasteiger partial charge < -0.3 is 20.3 Å². The molecule has 3 rings (SSSR count). The Morgan fingerprint density at radius 3 is 2.67 bits per heavy atom. The van der Waals surface area contributed by atoms with Crippen LogP contribution in [0.4, 0.5) is 0 Å². The predicted molar refractivity (Wildman–Crippen MR) is 120 cm³/mol. The lowest BCUT2D eigenvalue weighted by molar-refractivity contribution is -0.129. The summed E-state index contributed by atoms with van der Waals surface area (Å²) in [6.07, 6.45) is 1.49. The number of guanidine groups is 1. The predicted octanol–water partition coefficient (Wildman–Crippen LogP) is 3.33. The summed E-state index contributed by atoms with van der Waals surface area (Å²) in [5.41, 5.74) is 2.18. The summed E-state index contributed by atoms with van der Waals surface area (Å²) in [7, 11) is 0. The summed E-state index contributed by atoms with van der Waals surface area (Å²) in [4.78, 5) is 18.6. The van der Waals surface area contributed by atoms with E-state index in [2.05, 4.69) is 29.7 Å². The number of benzene rings is 2. The second-order valence-corrected chi connectivity index (χ2v) is 7.40. The number of likely N-dealkylation sites (tertiary alicyclic amines) is 1. The quantitative estimate of drug-likeness (QED) is 0.519. The summed E-state index contributed by atoms with van der Waals surface area (Å²) in [6.45, 7) is 7.32. The Labute approximate surface area is 179 Å². The van der Waals surface area contributed by atoms with E-state index in [1.807, 2.05) is 54.3 Å². The fourth-order valence-corrected chi connectivity index (χ4v) is 3.52. The third kappa shape index (κ3) is 6.24. The van der Waals surface area contributed by atoms with Gasteiger partial charge in [-0.2, -0.15) is 0 Å². The number of rotatable bonds is 8. The van der Waals surface area contributed by atoms with Crippen LogP contribution in [0, 0.1) is 0 Å². The minimum absolute atomic E-state index is 0.214. The highest BCUT2D eigenvalue weighted by Crippen LogP contribution is 2.20. The number of carbonyl (C=O) groups excluding carboxylic acids is 1. The molecule has 0 radical (unpaired) electrons. The molecule has 1 unspecified atom stereocenters. The molecule has 1 saturated heterocycles. The van der Waals surface area contributed by atoms with E-state index in [0.717, 1.165) is 48.9 Å². The van der Waals surface area contributed by atoms with Crippen molar-refractivity contribution >= 4 is 11.9 Å². The fourth-order valence-electron chi connectivity index (χ4n) is 3.52. The average Bonchev–Trinajstić information content (AvgIpc) is 3.25. The number of carbonyl (C=O) groups is 1. The summed E-state index contributed by atoms with van der Waals surface area (Å²) in [5, 5.41) is 6.79. The van der Waals surface area contributed by atoms with E-state index in [9.17, 15) is 4.79 Å². The van der Waals surface area contributed by atoms with Gasteiger partial charge in [0.2, 0.25) is 5.91 Å². The van der Waals surface area contributed by atoms with Crippen molar-refractivity contribution in [2.45, 2.75) is 45.9 Å². The number of ether oxygens (including phenoxy) is 1. The molecule has 6 nitrogen and oxygen atoms in total. The van der Waals surface area contributed by atoms with Crippen LogP contribution in [-0.2, 0) is 17.9 Å². The lowest BCUT2D eigenvalue weighted by atomic mass is 10.2. The van der Waals surface area contributed by atoms with Gasteiger partial charge in [0.05, 0.1) is 6.54 Å². The first kappa shape index (κ1) is 21.7. The molecule has 0 saturated carbocycles. The SMILES string of the molecule is CCNC(=NCc1ccccc1OCc1ccccc1)NC1CCN(C(=O)CC)C1. The van der Waals surface area contributed by atoms with Gasteiger partial charge >= 0.3 is 0 Å². The Morgan fingerprint density at radius 2 is 1.90 bits per heavy atom. The summed E-state index contributed by atoms with van der Waals surface area (Å²) >= 11 is 0. The number of nitrogens with one attached hydrogen (secondary N) is 2. The summed E-state index contributed by atoms with van der Waals surface area (Å²) in [5.74, 6) is 1.83. The first-order chi connectivity index (χ1) is 14.7. The van der Waals surface area contributed by atoms with Crippen LogP contribution in [0.15, 0.2) is 59.6 Å². The van der Waals surface area contributed by atoms with Crippen molar-refractivity contribution in [2.75, 3.05) is 19.6 Å². The monoisotopic (exact) mass is 408 g/mol. The third-order valence-electron chi connectivity index (χ3n) is 5.15. The van der Waals surface area contributed by atoms with Gasteiger partial charge in [-0.05, 0) is 25.0 Å². The van der Waals surface area contributed by atoms with Crippen molar-refractivity contribution in [1.29, 1.82) is 0 Å². The molecular formula is C24H32N4O2. The second kappa shape index (κ2) is 11.2. The van der Waals surface area contributed by atoms with Gasteiger partial charge in [-0.25, -0.2) is 4.99 Å². The highest BCUT2D eigenvalue weighted by molar-refractivity contribution is 5.80. The molecule has 1 atom stereocenters. The molecule has 2 N–H and O–H groups in total. The van der Waals surface area contributed by atoms with Gasteiger partial charge in [0.25, 0.3) is 0 Å². The van der Waals surface area contributed by atoms with Gasteiger partial charge in [0, 0.05) is 37.7 Å². The van der Waals surface area contributed by atoms with Crippen LogP contribution in [0.5, 0.6) is 5.75 Å². The molecule has 6 heteroatoms. The topological polar surface area (TPSA) is 66.0 Å². The lowest BCUT2D eigenvalue weighted by Gasteiger charge is -2.19. The molecule has 30 heavy (non-hydrogen) atoms. The maximum atomic E-state index is 11.9. The summed E-state index contributed by atoms with van der Waals surface area (Å²) < 4.78 is 6.05. The van der Waals surface area contributed by atoms with Crippen LogP contribution < -0.4 is 15.4 Å². The van der Waals surface area contributed by atoms with Crippen molar-refractivity contribution in [1.82, 2.24) is 15.5 Å². The van der Waals surface area contributed by atoms with E-state index >= 15 is 0 Å². The van der Waals surface area contributed by atoms with Gasteiger partial charge in [0.1, 0.15) is 12.4 Å².